The van der Waals surface area contributed by atoms with E-state index in [-0.39, 0.29) is 12.2 Å². The van der Waals surface area contributed by atoms with Crippen LogP contribution in [0, 0.1) is 11.8 Å². The minimum atomic E-state index is 0.0343. The summed E-state index contributed by atoms with van der Waals surface area (Å²) in [7, 11) is 0. The molecule has 122 valence electrons. The van der Waals surface area contributed by atoms with Crippen molar-refractivity contribution in [2.24, 2.45) is 11.8 Å². The molecule has 1 aliphatic carbocycles. The van der Waals surface area contributed by atoms with Crippen LogP contribution in [0.4, 0.5) is 0 Å². The Kier molecular flexibility index (Phi) is 6.01. The van der Waals surface area contributed by atoms with Gasteiger partial charge in [-0.1, -0.05) is 34.1 Å². The topological polar surface area (TPSA) is 32.3 Å². The number of carbonyl (C=O) groups is 1. The van der Waals surface area contributed by atoms with E-state index < -0.39 is 0 Å². The average molecular weight is 313 g/mol. The Morgan fingerprint density at radius 2 is 2.00 bits per heavy atom. The average Bonchev–Trinajstić information content (AvgIpc) is 2.76. The van der Waals surface area contributed by atoms with Gasteiger partial charge in [0.05, 0.1) is 12.2 Å². The first-order valence-electron chi connectivity index (χ1n) is 8.55. The normalized spacial score (nSPS) is 34.2. The first-order valence-corrected chi connectivity index (χ1v) is 9.83. The van der Waals surface area contributed by atoms with Crippen LogP contribution in [0.15, 0.2) is 0 Å². The van der Waals surface area contributed by atoms with Gasteiger partial charge in [-0.05, 0) is 43.8 Å². The van der Waals surface area contributed by atoms with Crippen LogP contribution in [-0.2, 0) is 4.79 Å². The van der Waals surface area contributed by atoms with Gasteiger partial charge in [0.2, 0.25) is 5.91 Å². The SMILES string of the molecule is CSC1CCCC(N2C(=O)C(CC(C)C)NC2C(C)C)C1. The fraction of sp³-hybridized carbons (Fsp3) is 0.941. The molecule has 0 aromatic rings. The van der Waals surface area contributed by atoms with E-state index in [4.69, 9.17) is 0 Å². The Balaban J connectivity index is 2.12. The second kappa shape index (κ2) is 7.36. The van der Waals surface area contributed by atoms with Crippen molar-refractivity contribution in [1.82, 2.24) is 10.2 Å². The largest absolute Gasteiger partial charge is 0.323 e. The van der Waals surface area contributed by atoms with Gasteiger partial charge in [-0.25, -0.2) is 0 Å². The van der Waals surface area contributed by atoms with Crippen LogP contribution < -0.4 is 5.32 Å². The molecule has 1 heterocycles. The zero-order chi connectivity index (χ0) is 15.6. The maximum atomic E-state index is 12.9. The van der Waals surface area contributed by atoms with Crippen molar-refractivity contribution in [3.05, 3.63) is 0 Å². The predicted molar refractivity (Wildman–Crippen MR) is 91.4 cm³/mol. The molecule has 2 aliphatic rings. The molecule has 1 aliphatic heterocycles. The highest BCUT2D eigenvalue weighted by atomic mass is 32.2. The third kappa shape index (κ3) is 3.95. The quantitative estimate of drug-likeness (QED) is 0.843. The Morgan fingerprint density at radius 3 is 2.57 bits per heavy atom. The summed E-state index contributed by atoms with van der Waals surface area (Å²) in [5.41, 5.74) is 0. The molecule has 4 unspecified atom stereocenters. The molecular weight excluding hydrogens is 280 g/mol. The molecule has 1 N–H and O–H groups in total. The van der Waals surface area contributed by atoms with E-state index in [1.807, 2.05) is 11.8 Å². The summed E-state index contributed by atoms with van der Waals surface area (Å²) in [6.45, 7) is 8.86. The molecule has 0 aromatic carbocycles. The Labute approximate surface area is 134 Å². The standard InChI is InChI=1S/C17H32N2OS/c1-11(2)9-15-17(20)19(16(18-15)12(3)4)13-7-6-8-14(10-13)21-5/h11-16,18H,6-10H2,1-5H3. The zero-order valence-corrected chi connectivity index (χ0v) is 15.1. The van der Waals surface area contributed by atoms with Crippen molar-refractivity contribution in [2.45, 2.75) is 83.3 Å². The van der Waals surface area contributed by atoms with Gasteiger partial charge in [-0.3, -0.25) is 10.1 Å². The first-order chi connectivity index (χ1) is 9.93. The number of carbonyl (C=O) groups excluding carboxylic acids is 1. The van der Waals surface area contributed by atoms with Gasteiger partial charge in [0, 0.05) is 11.3 Å². The molecule has 2 fully saturated rings. The van der Waals surface area contributed by atoms with Gasteiger partial charge in [0.1, 0.15) is 0 Å². The Bertz CT molecular complexity index is 359. The van der Waals surface area contributed by atoms with Crippen LogP contribution in [0.5, 0.6) is 0 Å². The lowest BCUT2D eigenvalue weighted by molar-refractivity contribution is -0.133. The van der Waals surface area contributed by atoms with E-state index in [1.54, 1.807) is 0 Å². The van der Waals surface area contributed by atoms with Crippen molar-refractivity contribution in [1.29, 1.82) is 0 Å². The molecule has 1 saturated heterocycles. The van der Waals surface area contributed by atoms with Crippen LogP contribution >= 0.6 is 11.8 Å². The second-order valence-electron chi connectivity index (χ2n) is 7.46. The third-order valence-corrected chi connectivity index (χ3v) is 5.98. The van der Waals surface area contributed by atoms with Crippen molar-refractivity contribution in [3.63, 3.8) is 0 Å². The molecular formula is C17H32N2OS. The fourth-order valence-electron chi connectivity index (χ4n) is 3.82. The van der Waals surface area contributed by atoms with Crippen molar-refractivity contribution in [3.8, 4) is 0 Å². The lowest BCUT2D eigenvalue weighted by Gasteiger charge is -2.39. The summed E-state index contributed by atoms with van der Waals surface area (Å²) in [5.74, 6) is 1.39. The number of hydrogen-bond acceptors (Lipinski definition) is 3. The third-order valence-electron chi connectivity index (χ3n) is 4.89. The van der Waals surface area contributed by atoms with E-state index in [1.165, 1.54) is 25.7 Å². The van der Waals surface area contributed by atoms with Crippen LogP contribution in [-0.4, -0.2) is 40.6 Å². The van der Waals surface area contributed by atoms with Gasteiger partial charge in [-0.15, -0.1) is 0 Å². The molecule has 21 heavy (non-hydrogen) atoms. The Hall–Kier alpha value is -0.220. The summed E-state index contributed by atoms with van der Waals surface area (Å²) in [6.07, 6.45) is 8.32. The molecule has 2 rings (SSSR count). The lowest BCUT2D eigenvalue weighted by Crippen LogP contribution is -2.49. The molecule has 0 spiro atoms. The molecule has 0 radical (unpaired) electrons. The number of nitrogens with one attached hydrogen (secondary N) is 1. The molecule has 0 aromatic heterocycles. The van der Waals surface area contributed by atoms with Crippen LogP contribution in [0.1, 0.15) is 59.8 Å². The van der Waals surface area contributed by atoms with Crippen molar-refractivity contribution < 1.29 is 4.79 Å². The molecule has 0 bridgehead atoms. The highest BCUT2D eigenvalue weighted by Gasteiger charge is 2.44. The van der Waals surface area contributed by atoms with Crippen LogP contribution in [0.25, 0.3) is 0 Å². The monoisotopic (exact) mass is 312 g/mol. The summed E-state index contributed by atoms with van der Waals surface area (Å²) < 4.78 is 0. The number of hydrogen-bond donors (Lipinski definition) is 1. The minimum absolute atomic E-state index is 0.0343. The summed E-state index contributed by atoms with van der Waals surface area (Å²) in [5, 5.41) is 4.35. The van der Waals surface area contributed by atoms with Crippen molar-refractivity contribution >= 4 is 17.7 Å². The predicted octanol–water partition coefficient (Wildman–Crippen LogP) is 3.49. The maximum absolute atomic E-state index is 12.9. The van der Waals surface area contributed by atoms with Crippen molar-refractivity contribution in [2.75, 3.05) is 6.26 Å². The zero-order valence-electron chi connectivity index (χ0n) is 14.3. The van der Waals surface area contributed by atoms with Gasteiger partial charge in [0.25, 0.3) is 0 Å². The molecule has 1 saturated carbocycles. The van der Waals surface area contributed by atoms with Gasteiger partial charge in [0.15, 0.2) is 0 Å². The molecule has 4 atom stereocenters. The lowest BCUT2D eigenvalue weighted by atomic mass is 9.92. The smallest absolute Gasteiger partial charge is 0.241 e. The molecule has 4 heteroatoms. The summed E-state index contributed by atoms with van der Waals surface area (Å²) in [4.78, 5) is 15.1. The van der Waals surface area contributed by atoms with E-state index >= 15 is 0 Å². The number of nitrogens with zero attached hydrogens (tertiary/aromatic N) is 1. The van der Waals surface area contributed by atoms with E-state index in [2.05, 4.69) is 44.2 Å². The van der Waals surface area contributed by atoms with E-state index in [0.717, 1.165) is 11.7 Å². The number of rotatable bonds is 5. The highest BCUT2D eigenvalue weighted by molar-refractivity contribution is 7.99. The van der Waals surface area contributed by atoms with Gasteiger partial charge >= 0.3 is 0 Å². The summed E-state index contributed by atoms with van der Waals surface area (Å²) >= 11 is 1.97. The second-order valence-corrected chi connectivity index (χ2v) is 8.60. The maximum Gasteiger partial charge on any atom is 0.241 e. The highest BCUT2D eigenvalue weighted by Crippen LogP contribution is 2.34. The van der Waals surface area contributed by atoms with Gasteiger partial charge in [-0.2, -0.15) is 11.8 Å². The van der Waals surface area contributed by atoms with E-state index in [9.17, 15) is 4.79 Å². The van der Waals surface area contributed by atoms with Gasteiger partial charge < -0.3 is 4.90 Å². The number of amides is 1. The summed E-state index contributed by atoms with van der Waals surface area (Å²) in [6, 6.07) is 0.479. The first kappa shape index (κ1) is 17.1. The number of thioether (sulfide) groups is 1. The fourth-order valence-corrected chi connectivity index (χ4v) is 4.64. The van der Waals surface area contributed by atoms with E-state index in [0.29, 0.717) is 23.8 Å². The molecule has 1 amide bonds. The van der Waals surface area contributed by atoms with Crippen LogP contribution in [0.2, 0.25) is 0 Å². The minimum Gasteiger partial charge on any atom is -0.323 e. The van der Waals surface area contributed by atoms with Crippen LogP contribution in [0.3, 0.4) is 0 Å². The Morgan fingerprint density at radius 1 is 1.29 bits per heavy atom. The molecule has 3 nitrogen and oxygen atoms in total.